The van der Waals surface area contributed by atoms with Crippen LogP contribution in [0.4, 0.5) is 0 Å². The fourth-order valence-corrected chi connectivity index (χ4v) is 1.02. The van der Waals surface area contributed by atoms with Crippen molar-refractivity contribution in [2.24, 2.45) is 5.10 Å². The monoisotopic (exact) mass is 229 g/mol. The van der Waals surface area contributed by atoms with E-state index >= 15 is 0 Å². The van der Waals surface area contributed by atoms with E-state index in [1.807, 2.05) is 0 Å². The van der Waals surface area contributed by atoms with Gasteiger partial charge in [0.2, 0.25) is 5.91 Å². The Hall–Kier alpha value is -1.96. The smallest absolute Gasteiger partial charge is 0.334 e. The van der Waals surface area contributed by atoms with Gasteiger partial charge < -0.3 is 15.5 Å². The lowest BCUT2D eigenvalue weighted by atomic mass is 10.1. The minimum atomic E-state index is -1.65. The highest BCUT2D eigenvalue weighted by Crippen LogP contribution is 1.99. The van der Waals surface area contributed by atoms with Crippen LogP contribution in [0.15, 0.2) is 5.10 Å². The molecule has 88 valence electrons. The van der Waals surface area contributed by atoms with Gasteiger partial charge in [0.1, 0.15) is 5.71 Å². The third-order valence-corrected chi connectivity index (χ3v) is 1.91. The van der Waals surface area contributed by atoms with Crippen molar-refractivity contribution in [1.29, 1.82) is 0 Å². The number of carbonyl (C=O) groups is 3. The average molecular weight is 229 g/mol. The molecule has 1 unspecified atom stereocenters. The Morgan fingerprint density at radius 3 is 2.69 bits per heavy atom. The van der Waals surface area contributed by atoms with Crippen molar-refractivity contribution >= 4 is 23.5 Å². The maximum absolute atomic E-state index is 11.3. The number of hydrogen-bond acceptors (Lipinski definition) is 5. The third-order valence-electron chi connectivity index (χ3n) is 1.91. The lowest BCUT2D eigenvalue weighted by Gasteiger charge is -2.12. The minimum Gasteiger partial charge on any atom is -0.479 e. The Morgan fingerprint density at radius 2 is 2.19 bits per heavy atom. The van der Waals surface area contributed by atoms with Gasteiger partial charge in [-0.2, -0.15) is 5.10 Å². The first-order chi connectivity index (χ1) is 7.50. The van der Waals surface area contributed by atoms with Crippen molar-refractivity contribution in [3.8, 4) is 0 Å². The predicted molar refractivity (Wildman–Crippen MR) is 51.5 cm³/mol. The normalized spacial score (nSPS) is 17.1. The summed E-state index contributed by atoms with van der Waals surface area (Å²) in [5, 5.41) is 22.9. The summed E-state index contributed by atoms with van der Waals surface area (Å²) in [6.45, 7) is -0.402. The first-order valence-corrected chi connectivity index (χ1v) is 4.55. The van der Waals surface area contributed by atoms with Crippen LogP contribution in [-0.4, -0.2) is 46.4 Å². The average Bonchev–Trinajstić information content (AvgIpc) is 2.26. The Bertz CT molecular complexity index is 352. The Labute approximate surface area is 90.3 Å². The van der Waals surface area contributed by atoms with Gasteiger partial charge >= 0.3 is 5.97 Å². The van der Waals surface area contributed by atoms with E-state index in [1.165, 1.54) is 0 Å². The summed E-state index contributed by atoms with van der Waals surface area (Å²) in [6.07, 6.45) is -1.29. The quantitative estimate of drug-likeness (QED) is 0.435. The number of carboxylic acid groups (broad SMARTS) is 1. The zero-order valence-electron chi connectivity index (χ0n) is 8.27. The molecule has 4 N–H and O–H groups in total. The van der Waals surface area contributed by atoms with Gasteiger partial charge in [-0.3, -0.25) is 9.59 Å². The molecule has 0 spiro atoms. The van der Waals surface area contributed by atoms with E-state index in [2.05, 4.69) is 15.8 Å². The number of aliphatic hydroxyl groups is 1. The van der Waals surface area contributed by atoms with Gasteiger partial charge in [0.05, 0.1) is 6.54 Å². The van der Waals surface area contributed by atoms with E-state index < -0.39 is 24.5 Å². The molecular weight excluding hydrogens is 218 g/mol. The van der Waals surface area contributed by atoms with Crippen molar-refractivity contribution in [3.63, 3.8) is 0 Å². The lowest BCUT2D eigenvalue weighted by molar-refractivity contribution is -0.146. The molecule has 8 nitrogen and oxygen atoms in total. The van der Waals surface area contributed by atoms with Gasteiger partial charge in [-0.05, 0) is 0 Å². The Kier molecular flexibility index (Phi) is 3.95. The van der Waals surface area contributed by atoms with Crippen LogP contribution in [0.1, 0.15) is 12.8 Å². The number of aliphatic hydroxyl groups excluding tert-OH is 1. The van der Waals surface area contributed by atoms with Crippen molar-refractivity contribution < 1.29 is 24.6 Å². The highest BCUT2D eigenvalue weighted by Gasteiger charge is 2.20. The molecule has 0 aromatic heterocycles. The summed E-state index contributed by atoms with van der Waals surface area (Å²) in [5.41, 5.74) is 2.24. The van der Waals surface area contributed by atoms with E-state index in [4.69, 9.17) is 10.2 Å². The molecule has 0 saturated carbocycles. The molecule has 1 aliphatic heterocycles. The van der Waals surface area contributed by atoms with Crippen LogP contribution in [-0.2, 0) is 14.4 Å². The molecule has 0 radical (unpaired) electrons. The summed E-state index contributed by atoms with van der Waals surface area (Å²) in [5.74, 6) is -2.29. The highest BCUT2D eigenvalue weighted by molar-refractivity contribution is 6.39. The topological polar surface area (TPSA) is 128 Å². The van der Waals surface area contributed by atoms with E-state index in [9.17, 15) is 14.4 Å². The molecule has 0 bridgehead atoms. The molecule has 0 aromatic carbocycles. The number of rotatable bonds is 4. The number of carboxylic acids is 1. The van der Waals surface area contributed by atoms with Crippen LogP contribution in [0.2, 0.25) is 0 Å². The number of aliphatic carboxylic acids is 1. The molecule has 0 aliphatic carbocycles. The first kappa shape index (κ1) is 12.1. The number of carbonyl (C=O) groups excluding carboxylic acids is 2. The third kappa shape index (κ3) is 3.31. The van der Waals surface area contributed by atoms with Crippen molar-refractivity contribution in [2.75, 3.05) is 6.54 Å². The molecule has 0 aromatic rings. The lowest BCUT2D eigenvalue weighted by Crippen LogP contribution is -2.42. The maximum Gasteiger partial charge on any atom is 0.334 e. The van der Waals surface area contributed by atoms with Crippen LogP contribution in [0.5, 0.6) is 0 Å². The second kappa shape index (κ2) is 5.21. The fourth-order valence-electron chi connectivity index (χ4n) is 1.02. The molecule has 8 heteroatoms. The second-order valence-corrected chi connectivity index (χ2v) is 3.16. The number of nitrogens with zero attached hydrogens (tertiary/aromatic N) is 1. The summed E-state index contributed by atoms with van der Waals surface area (Å²) >= 11 is 0. The van der Waals surface area contributed by atoms with Gasteiger partial charge in [0.15, 0.2) is 6.10 Å². The number of hydrogen-bond donors (Lipinski definition) is 4. The largest absolute Gasteiger partial charge is 0.479 e. The Balaban J connectivity index is 2.41. The number of hydrazone groups is 1. The van der Waals surface area contributed by atoms with E-state index in [0.717, 1.165) is 0 Å². The summed E-state index contributed by atoms with van der Waals surface area (Å²) in [6, 6.07) is 0. The molecule has 2 amide bonds. The van der Waals surface area contributed by atoms with Crippen molar-refractivity contribution in [3.05, 3.63) is 0 Å². The zero-order valence-corrected chi connectivity index (χ0v) is 8.27. The van der Waals surface area contributed by atoms with Crippen LogP contribution >= 0.6 is 0 Å². The molecule has 1 aliphatic rings. The fraction of sp³-hybridized carbons (Fsp3) is 0.500. The summed E-state index contributed by atoms with van der Waals surface area (Å²) in [4.78, 5) is 32.3. The Morgan fingerprint density at radius 1 is 1.50 bits per heavy atom. The number of amides is 2. The maximum atomic E-state index is 11.3. The highest BCUT2D eigenvalue weighted by atomic mass is 16.4. The van der Waals surface area contributed by atoms with Gasteiger partial charge in [-0.1, -0.05) is 0 Å². The first-order valence-electron chi connectivity index (χ1n) is 4.55. The SMILES string of the molecule is O=C1CCC(C(=O)NCC(O)C(=O)O)=NN1. The number of nitrogens with one attached hydrogen (secondary N) is 2. The van der Waals surface area contributed by atoms with Crippen LogP contribution in [0.25, 0.3) is 0 Å². The predicted octanol–water partition coefficient (Wildman–Crippen LogP) is -2.19. The molecular formula is C8H11N3O5. The van der Waals surface area contributed by atoms with Gasteiger partial charge in [-0.15, -0.1) is 0 Å². The van der Waals surface area contributed by atoms with Crippen molar-refractivity contribution in [1.82, 2.24) is 10.7 Å². The van der Waals surface area contributed by atoms with Gasteiger partial charge in [0, 0.05) is 12.8 Å². The zero-order chi connectivity index (χ0) is 12.1. The van der Waals surface area contributed by atoms with Crippen molar-refractivity contribution in [2.45, 2.75) is 18.9 Å². The van der Waals surface area contributed by atoms with Crippen LogP contribution in [0.3, 0.4) is 0 Å². The summed E-state index contributed by atoms with van der Waals surface area (Å²) in [7, 11) is 0. The standard InChI is InChI=1S/C8H11N3O5/c12-5(8(15)16)3-9-7(14)4-1-2-6(13)11-10-4/h5,12H,1-3H2,(H,9,14)(H,11,13)(H,15,16). The molecule has 1 rings (SSSR count). The summed E-state index contributed by atoms with van der Waals surface area (Å²) < 4.78 is 0. The van der Waals surface area contributed by atoms with Gasteiger partial charge in [0.25, 0.3) is 5.91 Å². The van der Waals surface area contributed by atoms with Crippen LogP contribution in [0, 0.1) is 0 Å². The van der Waals surface area contributed by atoms with E-state index in [-0.39, 0.29) is 24.5 Å². The molecule has 16 heavy (non-hydrogen) atoms. The van der Waals surface area contributed by atoms with Crippen LogP contribution < -0.4 is 10.7 Å². The molecule has 1 atom stereocenters. The minimum absolute atomic E-state index is 0.109. The molecule has 1 heterocycles. The van der Waals surface area contributed by atoms with E-state index in [0.29, 0.717) is 0 Å². The second-order valence-electron chi connectivity index (χ2n) is 3.16. The molecule has 0 saturated heterocycles. The van der Waals surface area contributed by atoms with E-state index in [1.54, 1.807) is 0 Å². The van der Waals surface area contributed by atoms with Gasteiger partial charge in [-0.25, -0.2) is 10.2 Å². The molecule has 0 fully saturated rings.